The van der Waals surface area contributed by atoms with E-state index in [4.69, 9.17) is 9.47 Å². The van der Waals surface area contributed by atoms with Gasteiger partial charge in [-0.1, -0.05) is 6.07 Å². The molecule has 4 heterocycles. The zero-order chi connectivity index (χ0) is 23.3. The summed E-state index contributed by atoms with van der Waals surface area (Å²) in [5.74, 6) is 1.78. The van der Waals surface area contributed by atoms with Gasteiger partial charge in [0.05, 0.1) is 6.54 Å². The van der Waals surface area contributed by atoms with Gasteiger partial charge in [-0.3, -0.25) is 9.78 Å². The molecule has 1 aromatic carbocycles. The minimum atomic E-state index is -0.0942. The monoisotopic (exact) mass is 464 g/mol. The van der Waals surface area contributed by atoms with Crippen LogP contribution in [0.3, 0.4) is 0 Å². The molecule has 0 saturated carbocycles. The first kappa shape index (κ1) is 22.7. The van der Waals surface area contributed by atoms with E-state index < -0.39 is 0 Å². The topological polar surface area (TPSA) is 84.0 Å². The molecule has 0 bridgehead atoms. The number of nitrogens with zero attached hydrogens (tertiary/aromatic N) is 3. The van der Waals surface area contributed by atoms with Gasteiger partial charge in [0.1, 0.15) is 11.9 Å². The van der Waals surface area contributed by atoms with E-state index in [1.54, 1.807) is 11.1 Å². The number of likely N-dealkylation sites (tertiary alicyclic amines) is 2. The van der Waals surface area contributed by atoms with E-state index >= 15 is 0 Å². The van der Waals surface area contributed by atoms with Crippen molar-refractivity contribution in [2.45, 2.75) is 37.7 Å². The minimum absolute atomic E-state index is 0.00424. The summed E-state index contributed by atoms with van der Waals surface area (Å²) in [6, 6.07) is 11.3. The number of benzene rings is 1. The third-order valence-corrected chi connectivity index (χ3v) is 7.03. The third kappa shape index (κ3) is 5.50. The Morgan fingerprint density at radius 3 is 2.56 bits per heavy atom. The number of hydrogen-bond donors (Lipinski definition) is 1. The van der Waals surface area contributed by atoms with Crippen LogP contribution < -0.4 is 10.1 Å². The maximum Gasteiger partial charge on any atom is 0.321 e. The normalized spacial score (nSPS) is 21.2. The number of carbonyl (C=O) groups excluding carboxylic acids is 2. The largest absolute Gasteiger partial charge is 0.489 e. The van der Waals surface area contributed by atoms with Crippen molar-refractivity contribution in [1.82, 2.24) is 14.8 Å². The lowest BCUT2D eigenvalue weighted by Crippen LogP contribution is -2.50. The summed E-state index contributed by atoms with van der Waals surface area (Å²) in [7, 11) is 0. The number of carbonyl (C=O) groups is 2. The molecule has 34 heavy (non-hydrogen) atoms. The molecule has 3 saturated heterocycles. The minimum Gasteiger partial charge on any atom is -0.489 e. The zero-order valence-electron chi connectivity index (χ0n) is 19.4. The van der Waals surface area contributed by atoms with Crippen LogP contribution in [0.25, 0.3) is 0 Å². The highest BCUT2D eigenvalue weighted by Gasteiger charge is 2.32. The Labute approximate surface area is 200 Å². The van der Waals surface area contributed by atoms with Crippen LogP contribution in [0.4, 0.5) is 10.5 Å². The Morgan fingerprint density at radius 1 is 1.03 bits per heavy atom. The number of nitrogens with one attached hydrogen (secondary N) is 1. The van der Waals surface area contributed by atoms with Crippen LogP contribution in [0, 0.1) is 5.92 Å². The summed E-state index contributed by atoms with van der Waals surface area (Å²) in [4.78, 5) is 33.0. The maximum absolute atomic E-state index is 12.6. The van der Waals surface area contributed by atoms with Gasteiger partial charge in [0, 0.05) is 69.7 Å². The van der Waals surface area contributed by atoms with Crippen molar-refractivity contribution < 1.29 is 19.1 Å². The highest BCUT2D eigenvalue weighted by Crippen LogP contribution is 2.28. The predicted octanol–water partition coefficient (Wildman–Crippen LogP) is 3.51. The molecule has 8 heteroatoms. The van der Waals surface area contributed by atoms with Crippen molar-refractivity contribution in [2.24, 2.45) is 5.92 Å². The van der Waals surface area contributed by atoms with Crippen LogP contribution in [0.2, 0.25) is 0 Å². The first-order chi connectivity index (χ1) is 16.6. The SMILES string of the molecule is O=C(CC1CCOCC1)N1CC[C@@H](Oc2ccc(NC(=O)N3CC(c4cccnc4)C3)cc2)C1. The van der Waals surface area contributed by atoms with Crippen LogP contribution in [0.15, 0.2) is 48.8 Å². The lowest BCUT2D eigenvalue weighted by atomic mass is 9.93. The van der Waals surface area contributed by atoms with Crippen molar-refractivity contribution in [3.63, 3.8) is 0 Å². The summed E-state index contributed by atoms with van der Waals surface area (Å²) in [6.45, 7) is 4.31. The Hall–Kier alpha value is -3.13. The molecular formula is C26H32N4O4. The standard InChI is InChI=1S/C26H32N4O4/c31-25(14-19-8-12-33-13-9-19)29-11-7-24(18-29)34-23-5-3-22(4-6-23)28-26(32)30-16-21(17-30)20-2-1-10-27-15-20/h1-6,10,15,19,21,24H,7-9,11-14,16-18H2,(H,28,32)/t24-/m1/s1. The first-order valence-electron chi connectivity index (χ1n) is 12.2. The fraction of sp³-hybridized carbons (Fsp3) is 0.500. The van der Waals surface area contributed by atoms with E-state index in [9.17, 15) is 9.59 Å². The number of urea groups is 1. The highest BCUT2D eigenvalue weighted by atomic mass is 16.5. The average molecular weight is 465 g/mol. The number of aromatic nitrogens is 1. The summed E-state index contributed by atoms with van der Waals surface area (Å²) in [6.07, 6.45) is 7.04. The molecule has 0 spiro atoms. The Morgan fingerprint density at radius 2 is 1.82 bits per heavy atom. The molecule has 3 amide bonds. The summed E-state index contributed by atoms with van der Waals surface area (Å²) >= 11 is 0. The molecule has 0 aliphatic carbocycles. The van der Waals surface area contributed by atoms with Crippen LogP contribution in [-0.4, -0.2) is 72.2 Å². The summed E-state index contributed by atoms with van der Waals surface area (Å²) in [5.41, 5.74) is 1.91. The van der Waals surface area contributed by atoms with Crippen molar-refractivity contribution in [3.05, 3.63) is 54.4 Å². The van der Waals surface area contributed by atoms with Gasteiger partial charge in [0.2, 0.25) is 5.91 Å². The van der Waals surface area contributed by atoms with Crippen molar-refractivity contribution in [3.8, 4) is 5.75 Å². The van der Waals surface area contributed by atoms with Gasteiger partial charge in [-0.25, -0.2) is 4.79 Å². The number of pyridine rings is 1. The molecular weight excluding hydrogens is 432 g/mol. The quantitative estimate of drug-likeness (QED) is 0.707. The molecule has 1 aromatic heterocycles. The smallest absolute Gasteiger partial charge is 0.321 e. The molecule has 3 fully saturated rings. The van der Waals surface area contributed by atoms with E-state index in [1.807, 2.05) is 41.4 Å². The second-order valence-corrected chi connectivity index (χ2v) is 9.47. The van der Waals surface area contributed by atoms with Gasteiger partial charge in [-0.15, -0.1) is 0 Å². The van der Waals surface area contributed by atoms with Crippen molar-refractivity contribution in [1.29, 1.82) is 0 Å². The highest BCUT2D eigenvalue weighted by molar-refractivity contribution is 5.90. The van der Waals surface area contributed by atoms with Crippen LogP contribution >= 0.6 is 0 Å². The predicted molar refractivity (Wildman–Crippen MR) is 128 cm³/mol. The molecule has 3 aliphatic rings. The molecule has 5 rings (SSSR count). The molecule has 3 aliphatic heterocycles. The number of rotatable bonds is 6. The molecule has 0 unspecified atom stereocenters. The van der Waals surface area contributed by atoms with Gasteiger partial charge in [-0.2, -0.15) is 0 Å². The Kier molecular flexibility index (Phi) is 6.94. The average Bonchev–Trinajstić information content (AvgIpc) is 3.29. The van der Waals surface area contributed by atoms with Gasteiger partial charge in [0.25, 0.3) is 0 Å². The molecule has 1 atom stereocenters. The zero-order valence-corrected chi connectivity index (χ0v) is 19.4. The summed E-state index contributed by atoms with van der Waals surface area (Å²) < 4.78 is 11.5. The van der Waals surface area contributed by atoms with E-state index in [0.717, 1.165) is 50.5 Å². The summed E-state index contributed by atoms with van der Waals surface area (Å²) in [5, 5.41) is 2.95. The van der Waals surface area contributed by atoms with Crippen molar-refractivity contribution >= 4 is 17.6 Å². The Bertz CT molecular complexity index is 972. The number of anilines is 1. The van der Waals surface area contributed by atoms with Crippen LogP contribution in [-0.2, 0) is 9.53 Å². The van der Waals surface area contributed by atoms with E-state index in [0.29, 0.717) is 37.9 Å². The number of hydrogen-bond acceptors (Lipinski definition) is 5. The Balaban J connectivity index is 1.05. The number of ether oxygens (including phenoxy) is 2. The van der Waals surface area contributed by atoms with Gasteiger partial charge in [-0.05, 0) is 54.7 Å². The second-order valence-electron chi connectivity index (χ2n) is 9.47. The first-order valence-corrected chi connectivity index (χ1v) is 12.2. The lowest BCUT2D eigenvalue weighted by molar-refractivity contribution is -0.132. The van der Waals surface area contributed by atoms with E-state index in [1.165, 1.54) is 5.56 Å². The van der Waals surface area contributed by atoms with Gasteiger partial charge in [0.15, 0.2) is 0 Å². The molecule has 0 radical (unpaired) electrons. The van der Waals surface area contributed by atoms with Gasteiger partial charge >= 0.3 is 6.03 Å². The lowest BCUT2D eigenvalue weighted by Gasteiger charge is -2.39. The van der Waals surface area contributed by atoms with E-state index in [-0.39, 0.29) is 18.0 Å². The van der Waals surface area contributed by atoms with Crippen molar-refractivity contribution in [2.75, 3.05) is 44.7 Å². The fourth-order valence-corrected chi connectivity index (χ4v) is 4.86. The molecule has 8 nitrogen and oxygen atoms in total. The molecule has 180 valence electrons. The maximum atomic E-state index is 12.6. The number of amides is 3. The van der Waals surface area contributed by atoms with E-state index in [2.05, 4.69) is 16.4 Å². The molecule has 1 N–H and O–H groups in total. The van der Waals surface area contributed by atoms with Crippen LogP contribution in [0.1, 0.15) is 37.2 Å². The van der Waals surface area contributed by atoms with Crippen LogP contribution in [0.5, 0.6) is 5.75 Å². The molecule has 2 aromatic rings. The third-order valence-electron chi connectivity index (χ3n) is 7.03. The fourth-order valence-electron chi connectivity index (χ4n) is 4.86. The second kappa shape index (κ2) is 10.4. The van der Waals surface area contributed by atoms with Gasteiger partial charge < -0.3 is 24.6 Å².